The molecule has 0 aromatic carbocycles. The molecule has 1 N–H and O–H groups in total. The normalized spacial score (nSPS) is 15.9. The molecule has 1 aliphatic heterocycles. The van der Waals surface area contributed by atoms with Crippen molar-refractivity contribution in [2.75, 3.05) is 19.4 Å². The topological polar surface area (TPSA) is 81.7 Å². The van der Waals surface area contributed by atoms with Crippen LogP contribution in [0.3, 0.4) is 0 Å². The van der Waals surface area contributed by atoms with Gasteiger partial charge in [0.05, 0.1) is 13.2 Å². The summed E-state index contributed by atoms with van der Waals surface area (Å²) in [6, 6.07) is 0. The van der Waals surface area contributed by atoms with E-state index < -0.39 is 7.60 Å². The van der Waals surface area contributed by atoms with Gasteiger partial charge in [0.2, 0.25) is 5.91 Å². The number of rotatable bonds is 6. The first-order chi connectivity index (χ1) is 10.3. The molecule has 0 aliphatic carbocycles. The quantitative estimate of drug-likeness (QED) is 0.753. The van der Waals surface area contributed by atoms with E-state index >= 15 is 0 Å². The molecule has 128 valence electrons. The van der Waals surface area contributed by atoms with Crippen LogP contribution in [-0.2, 0) is 23.2 Å². The summed E-state index contributed by atoms with van der Waals surface area (Å²) in [6.07, 6.45) is 2.01. The van der Waals surface area contributed by atoms with Crippen molar-refractivity contribution in [3.8, 4) is 0 Å². The number of amides is 1. The lowest BCUT2D eigenvalue weighted by molar-refractivity contribution is -0.122. The molecule has 1 amide bonds. The van der Waals surface area contributed by atoms with Gasteiger partial charge in [0, 0.05) is 30.3 Å². The van der Waals surface area contributed by atoms with Crippen molar-refractivity contribution in [3.05, 3.63) is 11.3 Å². The number of carbonyl (C=O) groups excluding carboxylic acids is 2. The number of hydrogen-bond donors (Lipinski definition) is 1. The lowest BCUT2D eigenvalue weighted by Gasteiger charge is -2.15. The molecule has 0 aromatic heterocycles. The van der Waals surface area contributed by atoms with Gasteiger partial charge in [-0.05, 0) is 34.1 Å². The van der Waals surface area contributed by atoms with E-state index in [2.05, 4.69) is 5.32 Å². The number of ketones is 1. The molecule has 0 radical (unpaired) electrons. The third-order valence-electron chi connectivity index (χ3n) is 3.04. The van der Waals surface area contributed by atoms with Crippen LogP contribution in [0.2, 0.25) is 0 Å². The van der Waals surface area contributed by atoms with Crippen molar-refractivity contribution in [1.29, 1.82) is 0 Å². The van der Waals surface area contributed by atoms with Gasteiger partial charge in [0.15, 0.2) is 5.78 Å². The lowest BCUT2D eigenvalue weighted by atomic mass is 10.1. The van der Waals surface area contributed by atoms with Gasteiger partial charge >= 0.3 is 7.60 Å². The van der Waals surface area contributed by atoms with Gasteiger partial charge in [-0.3, -0.25) is 14.2 Å². The number of nitrogens with one attached hydrogen (secondary N) is 1. The summed E-state index contributed by atoms with van der Waals surface area (Å²) in [6.45, 7) is 10.0. The fourth-order valence-electron chi connectivity index (χ4n) is 1.82. The van der Waals surface area contributed by atoms with Crippen molar-refractivity contribution in [2.24, 2.45) is 0 Å². The lowest BCUT2D eigenvalue weighted by Crippen LogP contribution is -2.19. The minimum absolute atomic E-state index is 0.0623. The molecule has 7 heteroatoms. The molecule has 6 nitrogen and oxygen atoms in total. The Kier molecular flexibility index (Phi) is 10.2. The zero-order valence-electron chi connectivity index (χ0n) is 14.2. The van der Waals surface area contributed by atoms with Crippen LogP contribution in [0.4, 0.5) is 0 Å². The Morgan fingerprint density at radius 2 is 1.59 bits per heavy atom. The first kappa shape index (κ1) is 21.0. The molecule has 22 heavy (non-hydrogen) atoms. The van der Waals surface area contributed by atoms with E-state index in [0.717, 1.165) is 6.42 Å². The maximum atomic E-state index is 11.6. The summed E-state index contributed by atoms with van der Waals surface area (Å²) in [5.41, 5.74) is 1.37. The zero-order chi connectivity index (χ0) is 17.2. The monoisotopic (exact) mass is 333 g/mol. The summed E-state index contributed by atoms with van der Waals surface area (Å²) < 4.78 is 21.7. The van der Waals surface area contributed by atoms with Crippen LogP contribution >= 0.6 is 7.60 Å². The second-order valence-corrected chi connectivity index (χ2v) is 7.08. The van der Waals surface area contributed by atoms with E-state index in [1.807, 2.05) is 20.8 Å². The molecular weight excluding hydrogens is 305 g/mol. The predicted molar refractivity (Wildman–Crippen MR) is 86.8 cm³/mol. The second-order valence-electron chi connectivity index (χ2n) is 4.89. The first-order valence-electron chi connectivity index (χ1n) is 7.68. The molecule has 0 atom stereocenters. The molecule has 0 bridgehead atoms. The minimum atomic E-state index is -2.72. The van der Waals surface area contributed by atoms with Crippen molar-refractivity contribution in [3.63, 3.8) is 0 Å². The van der Waals surface area contributed by atoms with E-state index in [9.17, 15) is 14.2 Å². The zero-order valence-corrected chi connectivity index (χ0v) is 15.1. The Morgan fingerprint density at radius 1 is 1.05 bits per heavy atom. The van der Waals surface area contributed by atoms with E-state index in [4.69, 9.17) is 9.05 Å². The number of hydrogen-bond acceptors (Lipinski definition) is 5. The van der Waals surface area contributed by atoms with E-state index in [-0.39, 0.29) is 11.7 Å². The fraction of sp³-hybridized carbons (Fsp3) is 0.733. The highest BCUT2D eigenvalue weighted by atomic mass is 31.2. The highest BCUT2D eigenvalue weighted by Crippen LogP contribution is 2.48. The van der Waals surface area contributed by atoms with Gasteiger partial charge in [-0.2, -0.15) is 0 Å². The molecule has 1 heterocycles. The molecule has 0 unspecified atom stereocenters. The number of Topliss-reactive ketones (excluding diaryl/α,β-unsaturated/α-hetero) is 1. The summed E-state index contributed by atoms with van der Waals surface area (Å²) >= 11 is 0. The van der Waals surface area contributed by atoms with Crippen molar-refractivity contribution in [2.45, 2.75) is 53.9 Å². The molecule has 1 rings (SSSR count). The molecule has 0 saturated heterocycles. The van der Waals surface area contributed by atoms with Crippen LogP contribution < -0.4 is 5.32 Å². The van der Waals surface area contributed by atoms with E-state index in [1.165, 1.54) is 0 Å². The van der Waals surface area contributed by atoms with Gasteiger partial charge in [-0.25, -0.2) is 0 Å². The summed E-state index contributed by atoms with van der Waals surface area (Å²) in [5, 5.41) is 2.64. The minimum Gasteiger partial charge on any atom is -0.330 e. The molecule has 0 saturated carbocycles. The van der Waals surface area contributed by atoms with Crippen molar-refractivity contribution in [1.82, 2.24) is 5.32 Å². The molecular formula is C15H28NO5P. The number of allylic oxidation sites excluding steroid dienone is 2. The van der Waals surface area contributed by atoms with E-state index in [1.54, 1.807) is 13.8 Å². The van der Waals surface area contributed by atoms with Gasteiger partial charge in [-0.1, -0.05) is 6.92 Å². The summed E-state index contributed by atoms with van der Waals surface area (Å²) in [5.74, 6) is 0.00792. The second kappa shape index (κ2) is 10.7. The Hall–Kier alpha value is -0.970. The third kappa shape index (κ3) is 7.87. The van der Waals surface area contributed by atoms with Crippen LogP contribution in [0.15, 0.2) is 11.3 Å². The number of carbonyl (C=O) groups is 2. The standard InChI is InChI=1S/C8H11NO2.C7H17O3P/c1-5-6(2)9-8(11)4-3-7(5)10;1-4-7-11(8,9-5-2)10-6-3/h3-4H2,1-2H3,(H,9,11);4-7H2,1-3H3. The summed E-state index contributed by atoms with van der Waals surface area (Å²) in [7, 11) is -2.72. The van der Waals surface area contributed by atoms with Gasteiger partial charge < -0.3 is 14.4 Å². The molecule has 0 spiro atoms. The van der Waals surface area contributed by atoms with Crippen molar-refractivity contribution >= 4 is 19.3 Å². The highest BCUT2D eigenvalue weighted by Gasteiger charge is 2.21. The predicted octanol–water partition coefficient (Wildman–Crippen LogP) is 3.42. The average Bonchev–Trinajstić information content (AvgIpc) is 2.54. The Labute approximate surface area is 133 Å². The fourth-order valence-corrected chi connectivity index (χ4v) is 3.49. The molecule has 0 fully saturated rings. The average molecular weight is 333 g/mol. The first-order valence-corrected chi connectivity index (χ1v) is 9.41. The summed E-state index contributed by atoms with van der Waals surface area (Å²) in [4.78, 5) is 22.0. The largest absolute Gasteiger partial charge is 0.330 e. The van der Waals surface area contributed by atoms with Crippen LogP contribution in [-0.4, -0.2) is 31.1 Å². The van der Waals surface area contributed by atoms with Crippen molar-refractivity contribution < 1.29 is 23.2 Å². The SMILES string of the molecule is CC1=C(C)C(=O)CCC(=O)N1.CCCP(=O)(OCC)OCC. The van der Waals surface area contributed by atoms with Crippen LogP contribution in [0.5, 0.6) is 0 Å². The smallest absolute Gasteiger partial charge is 0.330 e. The van der Waals surface area contributed by atoms with E-state index in [0.29, 0.717) is 43.5 Å². The maximum absolute atomic E-state index is 11.6. The molecule has 1 aliphatic rings. The van der Waals surface area contributed by atoms with Crippen LogP contribution in [0.1, 0.15) is 53.9 Å². The van der Waals surface area contributed by atoms with Gasteiger partial charge in [-0.15, -0.1) is 0 Å². The maximum Gasteiger partial charge on any atom is 0.330 e. The van der Waals surface area contributed by atoms with Gasteiger partial charge in [0.25, 0.3) is 0 Å². The Morgan fingerprint density at radius 3 is 2.05 bits per heavy atom. The highest BCUT2D eigenvalue weighted by molar-refractivity contribution is 7.53. The van der Waals surface area contributed by atoms with Crippen LogP contribution in [0, 0.1) is 0 Å². The third-order valence-corrected chi connectivity index (χ3v) is 5.33. The molecule has 0 aromatic rings. The Balaban J connectivity index is 0.000000401. The van der Waals surface area contributed by atoms with Gasteiger partial charge in [0.1, 0.15) is 0 Å². The Bertz CT molecular complexity index is 435. The van der Waals surface area contributed by atoms with Crippen LogP contribution in [0.25, 0.3) is 0 Å².